The standard InChI is InChI=1S/C31H42N2O7.H2O.2H2/c1-19(36)12-27(37)25(18-35)21(8-11-34)13-20-14-23-26(32(2)3)16-24(31(39)30(23)28(38)15-20)29-7-6-22(40-29)17-33-9-4-5-10-33;;;/h6-7,16,20-21,25,34-35,39H,4-5,8-15,17-18H2,1-3H3;1H2;2*1H. The number of hydrogen-bond donors (Lipinski definition) is 3. The molecule has 2 heterocycles. The molecule has 1 saturated heterocycles. The van der Waals surface area contributed by atoms with E-state index >= 15 is 0 Å². The number of anilines is 1. The molecule has 1 fully saturated rings. The first-order valence-corrected chi connectivity index (χ1v) is 14.3. The molecule has 3 unspecified atom stereocenters. The normalized spacial score (nSPS) is 18.5. The summed E-state index contributed by atoms with van der Waals surface area (Å²) in [7, 11) is 3.78. The lowest BCUT2D eigenvalue weighted by molar-refractivity contribution is -0.131. The predicted octanol–water partition coefficient (Wildman–Crippen LogP) is 3.27. The second-order valence-corrected chi connectivity index (χ2v) is 11.6. The molecule has 1 aromatic carbocycles. The van der Waals surface area contributed by atoms with Crippen LogP contribution in [0.3, 0.4) is 0 Å². The van der Waals surface area contributed by atoms with Crippen molar-refractivity contribution in [1.82, 2.24) is 4.90 Å². The highest BCUT2D eigenvalue weighted by atomic mass is 16.3. The quantitative estimate of drug-likeness (QED) is 0.304. The van der Waals surface area contributed by atoms with E-state index < -0.39 is 12.5 Å². The van der Waals surface area contributed by atoms with Crippen LogP contribution in [0.15, 0.2) is 22.6 Å². The molecule has 0 amide bonds. The maximum Gasteiger partial charge on any atom is 0.167 e. The van der Waals surface area contributed by atoms with Crippen LogP contribution in [0, 0.1) is 17.8 Å². The zero-order valence-electron chi connectivity index (χ0n) is 24.3. The first-order valence-electron chi connectivity index (χ1n) is 14.3. The third-order valence-electron chi connectivity index (χ3n) is 8.36. The first-order chi connectivity index (χ1) is 19.1. The Morgan fingerprint density at radius 1 is 1.17 bits per heavy atom. The van der Waals surface area contributed by atoms with Gasteiger partial charge in [0.15, 0.2) is 5.78 Å². The van der Waals surface area contributed by atoms with Gasteiger partial charge in [0.2, 0.25) is 0 Å². The Bertz CT molecular complexity index is 1240. The van der Waals surface area contributed by atoms with E-state index in [0.29, 0.717) is 36.3 Å². The Balaban J connectivity index is 0.00000308. The molecule has 1 aliphatic heterocycles. The van der Waals surface area contributed by atoms with Crippen molar-refractivity contribution in [3.63, 3.8) is 0 Å². The minimum absolute atomic E-state index is 0. The molecular weight excluding hydrogens is 528 g/mol. The summed E-state index contributed by atoms with van der Waals surface area (Å²) in [4.78, 5) is 42.0. The smallest absolute Gasteiger partial charge is 0.167 e. The zero-order chi connectivity index (χ0) is 29.0. The van der Waals surface area contributed by atoms with E-state index in [2.05, 4.69) is 4.90 Å². The van der Waals surface area contributed by atoms with Crippen molar-refractivity contribution in [3.05, 3.63) is 35.1 Å². The summed E-state index contributed by atoms with van der Waals surface area (Å²) in [6.07, 6.45) is 3.52. The molecule has 3 atom stereocenters. The second-order valence-electron chi connectivity index (χ2n) is 11.6. The third-order valence-corrected chi connectivity index (χ3v) is 8.36. The van der Waals surface area contributed by atoms with Crippen molar-refractivity contribution >= 4 is 23.0 Å². The highest BCUT2D eigenvalue weighted by molar-refractivity contribution is 6.05. The minimum atomic E-state index is -0.773. The second kappa shape index (κ2) is 14.2. The van der Waals surface area contributed by atoms with Crippen molar-refractivity contribution < 1.29 is 42.4 Å². The van der Waals surface area contributed by atoms with Crippen molar-refractivity contribution in [2.24, 2.45) is 17.8 Å². The summed E-state index contributed by atoms with van der Waals surface area (Å²) in [5.74, 6) is -0.817. The van der Waals surface area contributed by atoms with Gasteiger partial charge in [0, 0.05) is 41.6 Å². The van der Waals surface area contributed by atoms with Crippen LogP contribution >= 0.6 is 0 Å². The van der Waals surface area contributed by atoms with Crippen molar-refractivity contribution in [3.8, 4) is 17.1 Å². The number of aromatic hydroxyl groups is 1. The van der Waals surface area contributed by atoms with Gasteiger partial charge in [-0.25, -0.2) is 0 Å². The topological polar surface area (TPSA) is 163 Å². The number of aliphatic hydroxyl groups is 2. The van der Waals surface area contributed by atoms with Crippen LogP contribution in [0.1, 0.15) is 70.0 Å². The van der Waals surface area contributed by atoms with Gasteiger partial charge in [0.25, 0.3) is 0 Å². The van der Waals surface area contributed by atoms with E-state index in [1.165, 1.54) is 19.8 Å². The number of likely N-dealkylation sites (tertiary alicyclic amines) is 1. The molecule has 2 aromatic rings. The molecule has 41 heavy (non-hydrogen) atoms. The number of fused-ring (bicyclic) bond motifs is 1. The number of carbonyl (C=O) groups excluding carboxylic acids is 3. The van der Waals surface area contributed by atoms with Crippen LogP contribution in [-0.4, -0.2) is 83.4 Å². The van der Waals surface area contributed by atoms with Crippen LogP contribution in [0.5, 0.6) is 5.75 Å². The minimum Gasteiger partial charge on any atom is -0.506 e. The summed E-state index contributed by atoms with van der Waals surface area (Å²) >= 11 is 0. The number of furan rings is 1. The molecule has 0 spiro atoms. The number of rotatable bonds is 13. The van der Waals surface area contributed by atoms with Gasteiger partial charge in [-0.3, -0.25) is 19.3 Å². The lowest BCUT2D eigenvalue weighted by Gasteiger charge is -2.33. The predicted molar refractivity (Wildman–Crippen MR) is 159 cm³/mol. The van der Waals surface area contributed by atoms with Crippen LogP contribution < -0.4 is 4.90 Å². The van der Waals surface area contributed by atoms with Gasteiger partial charge in [0.1, 0.15) is 28.8 Å². The molecule has 230 valence electrons. The highest BCUT2D eigenvalue weighted by Crippen LogP contribution is 2.45. The SMILES string of the molecule is CC(=O)CC(=O)C(CO)C(CCO)CC1CC(=O)c2c(O)c(-c3ccc(CN4CCCC4)o3)cc(N(C)C)c2C1.O.[HH].[HH]. The molecule has 1 aliphatic carbocycles. The van der Waals surface area contributed by atoms with E-state index in [0.717, 1.165) is 30.1 Å². The molecule has 5 N–H and O–H groups in total. The van der Waals surface area contributed by atoms with E-state index in [9.17, 15) is 29.7 Å². The van der Waals surface area contributed by atoms with Gasteiger partial charge in [-0.1, -0.05) is 0 Å². The lowest BCUT2D eigenvalue weighted by atomic mass is 9.73. The number of phenols is 1. The number of phenolic OH excluding ortho intramolecular Hbond substituents is 1. The summed E-state index contributed by atoms with van der Waals surface area (Å²) in [6, 6.07) is 5.63. The number of nitrogens with zero attached hydrogens (tertiary/aromatic N) is 2. The fourth-order valence-electron chi connectivity index (χ4n) is 6.42. The first kappa shape index (κ1) is 32.5. The number of Topliss-reactive ketones (excluding diaryl/α,β-unsaturated/α-hetero) is 3. The van der Waals surface area contributed by atoms with Crippen molar-refractivity contribution in [2.75, 3.05) is 45.3 Å². The number of hydrogen-bond acceptors (Lipinski definition) is 9. The average molecular weight is 577 g/mol. The highest BCUT2D eigenvalue weighted by Gasteiger charge is 2.36. The van der Waals surface area contributed by atoms with E-state index in [-0.39, 0.29) is 69.1 Å². The fourth-order valence-corrected chi connectivity index (χ4v) is 6.42. The number of aliphatic hydroxyl groups excluding tert-OH is 2. The van der Waals surface area contributed by atoms with Crippen LogP contribution in [-0.2, 0) is 22.6 Å². The van der Waals surface area contributed by atoms with Gasteiger partial charge in [-0.2, -0.15) is 0 Å². The number of carbonyl (C=O) groups is 3. The monoisotopic (exact) mass is 576 g/mol. The van der Waals surface area contributed by atoms with Gasteiger partial charge >= 0.3 is 0 Å². The van der Waals surface area contributed by atoms with Crippen LogP contribution in [0.2, 0.25) is 0 Å². The Morgan fingerprint density at radius 3 is 2.49 bits per heavy atom. The molecule has 0 bridgehead atoms. The largest absolute Gasteiger partial charge is 0.506 e. The average Bonchev–Trinajstić information content (AvgIpc) is 3.56. The molecule has 10 heteroatoms. The Hall–Kier alpha value is -3.05. The fraction of sp³-hybridized carbons (Fsp3) is 0.581. The summed E-state index contributed by atoms with van der Waals surface area (Å²) < 4.78 is 6.13. The molecular formula is C31H48N2O8. The van der Waals surface area contributed by atoms with Crippen LogP contribution in [0.25, 0.3) is 11.3 Å². The van der Waals surface area contributed by atoms with E-state index in [1.807, 2.05) is 37.2 Å². The molecule has 0 saturated carbocycles. The zero-order valence-corrected chi connectivity index (χ0v) is 24.3. The Labute approximate surface area is 244 Å². The van der Waals surface area contributed by atoms with Gasteiger partial charge < -0.3 is 30.1 Å². The number of ketones is 3. The molecule has 2 aliphatic rings. The van der Waals surface area contributed by atoms with Gasteiger partial charge in [-0.05, 0) is 87.7 Å². The van der Waals surface area contributed by atoms with Crippen molar-refractivity contribution in [2.45, 2.75) is 58.4 Å². The molecule has 1 aromatic heterocycles. The maximum atomic E-state index is 13.5. The van der Waals surface area contributed by atoms with Gasteiger partial charge in [-0.15, -0.1) is 0 Å². The maximum absolute atomic E-state index is 13.5. The van der Waals surface area contributed by atoms with Crippen molar-refractivity contribution in [1.29, 1.82) is 0 Å². The number of benzene rings is 1. The molecule has 4 rings (SSSR count). The lowest BCUT2D eigenvalue weighted by Crippen LogP contribution is -2.33. The van der Waals surface area contributed by atoms with Gasteiger partial charge in [0.05, 0.1) is 30.7 Å². The summed E-state index contributed by atoms with van der Waals surface area (Å²) in [6.45, 7) is 3.56. The third kappa shape index (κ3) is 7.43. The van der Waals surface area contributed by atoms with E-state index in [4.69, 9.17) is 4.42 Å². The Morgan fingerprint density at radius 2 is 1.88 bits per heavy atom. The summed E-state index contributed by atoms with van der Waals surface area (Å²) in [5, 5.41) is 31.0. The summed E-state index contributed by atoms with van der Waals surface area (Å²) in [5.41, 5.74) is 2.34. The Kier molecular flexibility index (Phi) is 11.3. The van der Waals surface area contributed by atoms with E-state index in [1.54, 1.807) is 0 Å². The van der Waals surface area contributed by atoms with Crippen LogP contribution in [0.4, 0.5) is 5.69 Å². The molecule has 0 radical (unpaired) electrons. The molecule has 10 nitrogen and oxygen atoms in total.